The maximum Gasteiger partial charge on any atom is 0.239 e. The lowest BCUT2D eigenvalue weighted by Crippen LogP contribution is -2.45. The molecule has 0 unspecified atom stereocenters. The fraction of sp³-hybridized carbons (Fsp3) is 0.867. The molecule has 6 heteroatoms. The summed E-state index contributed by atoms with van der Waals surface area (Å²) >= 11 is 0. The van der Waals surface area contributed by atoms with Gasteiger partial charge in [-0.25, -0.2) is 0 Å². The molecule has 0 aromatic rings. The molecule has 1 aliphatic rings. The van der Waals surface area contributed by atoms with Crippen molar-refractivity contribution in [3.05, 3.63) is 0 Å². The summed E-state index contributed by atoms with van der Waals surface area (Å²) < 4.78 is 0. The normalized spacial score (nSPS) is 22.1. The first kappa shape index (κ1) is 20.2. The molecule has 2 amide bonds. The minimum atomic E-state index is -0.298. The molecule has 1 aliphatic carbocycles. The fourth-order valence-electron chi connectivity index (χ4n) is 2.84. The van der Waals surface area contributed by atoms with Crippen LogP contribution in [0.4, 0.5) is 0 Å². The standard InChI is InChI=1S/C15H29N3O2.ClH/c1-4-15(2,3)11-5-7-12(8-6-11)18-14(20)10-17-13(19)9-16;/h11-12H,4-10,16H2,1-3H3,(H,17,19)(H,18,20);1H. The van der Waals surface area contributed by atoms with Crippen molar-refractivity contribution in [2.24, 2.45) is 17.1 Å². The largest absolute Gasteiger partial charge is 0.352 e. The summed E-state index contributed by atoms with van der Waals surface area (Å²) in [6, 6.07) is 0.251. The Hall–Kier alpha value is -0.810. The number of hydrogen-bond acceptors (Lipinski definition) is 3. The van der Waals surface area contributed by atoms with Gasteiger partial charge in [-0.05, 0) is 37.0 Å². The van der Waals surface area contributed by atoms with Gasteiger partial charge >= 0.3 is 0 Å². The van der Waals surface area contributed by atoms with Gasteiger partial charge in [0.2, 0.25) is 11.8 Å². The Morgan fingerprint density at radius 1 is 1.14 bits per heavy atom. The van der Waals surface area contributed by atoms with Crippen molar-refractivity contribution in [3.63, 3.8) is 0 Å². The Labute approximate surface area is 134 Å². The maximum absolute atomic E-state index is 11.7. The maximum atomic E-state index is 11.7. The number of nitrogens with two attached hydrogens (primary N) is 1. The van der Waals surface area contributed by atoms with Crippen LogP contribution in [0.1, 0.15) is 52.9 Å². The Morgan fingerprint density at radius 3 is 2.19 bits per heavy atom. The number of nitrogens with one attached hydrogen (secondary N) is 2. The number of hydrogen-bond donors (Lipinski definition) is 3. The van der Waals surface area contributed by atoms with Crippen molar-refractivity contribution in [2.45, 2.75) is 58.9 Å². The van der Waals surface area contributed by atoms with E-state index in [9.17, 15) is 9.59 Å². The Morgan fingerprint density at radius 2 is 1.71 bits per heavy atom. The van der Waals surface area contributed by atoms with Crippen LogP contribution in [0.2, 0.25) is 0 Å². The molecule has 1 saturated carbocycles. The van der Waals surface area contributed by atoms with Crippen LogP contribution in [0.15, 0.2) is 0 Å². The third-order valence-electron chi connectivity index (χ3n) is 4.74. The van der Waals surface area contributed by atoms with E-state index in [1.165, 1.54) is 19.3 Å². The van der Waals surface area contributed by atoms with Crippen molar-refractivity contribution in [1.82, 2.24) is 10.6 Å². The molecule has 0 heterocycles. The topological polar surface area (TPSA) is 84.2 Å². The van der Waals surface area contributed by atoms with E-state index in [-0.39, 0.29) is 43.4 Å². The third-order valence-corrected chi connectivity index (χ3v) is 4.74. The minimum absolute atomic E-state index is 0. The van der Waals surface area contributed by atoms with Crippen LogP contribution < -0.4 is 16.4 Å². The zero-order valence-corrected chi connectivity index (χ0v) is 14.2. The van der Waals surface area contributed by atoms with Crippen LogP contribution in [0.3, 0.4) is 0 Å². The first-order valence-electron chi connectivity index (χ1n) is 7.65. The van der Waals surface area contributed by atoms with Crippen molar-refractivity contribution in [3.8, 4) is 0 Å². The molecule has 1 fully saturated rings. The zero-order valence-electron chi connectivity index (χ0n) is 13.4. The molecule has 0 aliphatic heterocycles. The predicted molar refractivity (Wildman–Crippen MR) is 87.3 cm³/mol. The van der Waals surface area contributed by atoms with Crippen LogP contribution in [-0.4, -0.2) is 30.9 Å². The van der Waals surface area contributed by atoms with Gasteiger partial charge in [0, 0.05) is 6.04 Å². The lowest BCUT2D eigenvalue weighted by atomic mass is 9.69. The zero-order chi connectivity index (χ0) is 15.2. The molecule has 0 aromatic carbocycles. The molecule has 21 heavy (non-hydrogen) atoms. The van der Waals surface area contributed by atoms with Crippen LogP contribution in [0.5, 0.6) is 0 Å². The van der Waals surface area contributed by atoms with E-state index in [0.717, 1.165) is 18.8 Å². The second-order valence-corrected chi connectivity index (χ2v) is 6.44. The molecule has 4 N–H and O–H groups in total. The van der Waals surface area contributed by atoms with E-state index in [1.54, 1.807) is 0 Å². The lowest BCUT2D eigenvalue weighted by molar-refractivity contribution is -0.125. The van der Waals surface area contributed by atoms with E-state index < -0.39 is 0 Å². The van der Waals surface area contributed by atoms with E-state index in [1.807, 2.05) is 0 Å². The van der Waals surface area contributed by atoms with Gasteiger partial charge in [0.05, 0.1) is 13.1 Å². The molecule has 0 bridgehead atoms. The molecule has 0 aromatic heterocycles. The van der Waals surface area contributed by atoms with Gasteiger partial charge in [-0.3, -0.25) is 9.59 Å². The summed E-state index contributed by atoms with van der Waals surface area (Å²) in [4.78, 5) is 22.7. The summed E-state index contributed by atoms with van der Waals surface area (Å²) in [7, 11) is 0. The summed E-state index contributed by atoms with van der Waals surface area (Å²) in [5.41, 5.74) is 5.56. The van der Waals surface area contributed by atoms with Crippen molar-refractivity contribution in [2.75, 3.05) is 13.1 Å². The highest BCUT2D eigenvalue weighted by molar-refractivity contribution is 5.85. The first-order valence-corrected chi connectivity index (χ1v) is 7.65. The van der Waals surface area contributed by atoms with Crippen molar-refractivity contribution in [1.29, 1.82) is 0 Å². The monoisotopic (exact) mass is 319 g/mol. The summed E-state index contributed by atoms with van der Waals surface area (Å²) in [5, 5.41) is 5.48. The SMILES string of the molecule is CCC(C)(C)C1CCC(NC(=O)CNC(=O)CN)CC1.Cl. The van der Waals surface area contributed by atoms with Gasteiger partial charge in [-0.2, -0.15) is 0 Å². The predicted octanol–water partition coefficient (Wildman–Crippen LogP) is 1.59. The second-order valence-electron chi connectivity index (χ2n) is 6.44. The van der Waals surface area contributed by atoms with Crippen LogP contribution >= 0.6 is 12.4 Å². The molecule has 5 nitrogen and oxygen atoms in total. The third kappa shape index (κ3) is 6.66. The Kier molecular flexibility index (Phi) is 8.90. The highest BCUT2D eigenvalue weighted by Gasteiger charge is 2.32. The van der Waals surface area contributed by atoms with Crippen molar-refractivity contribution < 1.29 is 9.59 Å². The van der Waals surface area contributed by atoms with Crippen LogP contribution in [0.25, 0.3) is 0 Å². The van der Waals surface area contributed by atoms with E-state index in [4.69, 9.17) is 5.73 Å². The first-order chi connectivity index (χ1) is 9.39. The highest BCUT2D eigenvalue weighted by atomic mass is 35.5. The van der Waals surface area contributed by atoms with Gasteiger partial charge in [0.25, 0.3) is 0 Å². The molecule has 0 spiro atoms. The van der Waals surface area contributed by atoms with E-state index in [0.29, 0.717) is 5.41 Å². The summed E-state index contributed by atoms with van der Waals surface area (Å²) in [5.74, 6) is 0.330. The van der Waals surface area contributed by atoms with Crippen molar-refractivity contribution >= 4 is 24.2 Å². The average Bonchev–Trinajstić information content (AvgIpc) is 2.45. The number of carbonyl (C=O) groups excluding carboxylic acids is 2. The Balaban J connectivity index is 0.00000400. The van der Waals surface area contributed by atoms with Crippen LogP contribution in [0, 0.1) is 11.3 Å². The molecule has 1 rings (SSSR count). The average molecular weight is 320 g/mol. The van der Waals surface area contributed by atoms with Gasteiger partial charge in [-0.15, -0.1) is 12.4 Å². The highest BCUT2D eigenvalue weighted by Crippen LogP contribution is 2.40. The van der Waals surface area contributed by atoms with E-state index >= 15 is 0 Å². The lowest BCUT2D eigenvalue weighted by Gasteiger charge is -2.39. The smallest absolute Gasteiger partial charge is 0.239 e. The fourth-order valence-corrected chi connectivity index (χ4v) is 2.84. The van der Waals surface area contributed by atoms with Gasteiger partial charge in [0.15, 0.2) is 0 Å². The molecule has 0 atom stereocenters. The number of halogens is 1. The molecule has 0 saturated heterocycles. The van der Waals surface area contributed by atoms with E-state index in [2.05, 4.69) is 31.4 Å². The van der Waals surface area contributed by atoms with Crippen LogP contribution in [-0.2, 0) is 9.59 Å². The number of rotatable bonds is 6. The molecule has 0 radical (unpaired) electrons. The second kappa shape index (κ2) is 9.26. The molecular weight excluding hydrogens is 290 g/mol. The Bertz CT molecular complexity index is 340. The summed E-state index contributed by atoms with van der Waals surface area (Å²) in [6.07, 6.45) is 5.59. The molecular formula is C15H30ClN3O2. The minimum Gasteiger partial charge on any atom is -0.352 e. The van der Waals surface area contributed by atoms with Gasteiger partial charge in [-0.1, -0.05) is 27.2 Å². The number of carbonyl (C=O) groups is 2. The quantitative estimate of drug-likeness (QED) is 0.695. The number of amides is 2. The molecule has 124 valence electrons. The summed E-state index contributed by atoms with van der Waals surface area (Å²) in [6.45, 7) is 6.85. The van der Waals surface area contributed by atoms with Gasteiger partial charge < -0.3 is 16.4 Å². The van der Waals surface area contributed by atoms with Gasteiger partial charge in [0.1, 0.15) is 0 Å².